The minimum Gasteiger partial charge on any atom is -0.357 e. The van der Waals surface area contributed by atoms with Gasteiger partial charge in [0, 0.05) is 37.6 Å². The number of thiazole rings is 1. The van der Waals surface area contributed by atoms with Crippen LogP contribution >= 0.6 is 11.3 Å². The molecule has 6 heteroatoms. The van der Waals surface area contributed by atoms with E-state index in [0.29, 0.717) is 6.54 Å². The van der Waals surface area contributed by atoms with Crippen LogP contribution in [0.4, 0.5) is 0 Å². The predicted molar refractivity (Wildman–Crippen MR) is 110 cm³/mol. The van der Waals surface area contributed by atoms with Gasteiger partial charge in [0.05, 0.1) is 12.2 Å². The molecule has 0 radical (unpaired) electrons. The van der Waals surface area contributed by atoms with Crippen LogP contribution in [0.5, 0.6) is 0 Å². The highest BCUT2D eigenvalue weighted by molar-refractivity contribution is 7.11. The number of hydrogen-bond acceptors (Lipinski definition) is 4. The maximum absolute atomic E-state index is 4.68. The summed E-state index contributed by atoms with van der Waals surface area (Å²) in [5, 5.41) is 7.86. The van der Waals surface area contributed by atoms with E-state index in [0.717, 1.165) is 55.8 Å². The Hall–Kier alpha value is -1.92. The molecule has 5 nitrogen and oxygen atoms in total. The number of hydrogen-bond donors (Lipinski definition) is 2. The number of fused-ring (bicyclic) bond motifs is 1. The number of nitrogens with zero attached hydrogens (tertiary/aromatic N) is 3. The molecule has 1 aromatic heterocycles. The third-order valence-electron chi connectivity index (χ3n) is 4.72. The molecule has 0 saturated carbocycles. The smallest absolute Gasteiger partial charge is 0.191 e. The fourth-order valence-corrected chi connectivity index (χ4v) is 4.03. The van der Waals surface area contributed by atoms with Crippen LogP contribution in [0.2, 0.25) is 0 Å². The van der Waals surface area contributed by atoms with Gasteiger partial charge >= 0.3 is 0 Å². The topological polar surface area (TPSA) is 52.6 Å². The summed E-state index contributed by atoms with van der Waals surface area (Å²) in [5.41, 5.74) is 4.08. The van der Waals surface area contributed by atoms with Crippen LogP contribution in [0.15, 0.2) is 29.3 Å². The SMILES string of the molecule is CCNC(=NCc1nc(C)c(C)s1)NCCN1CCc2ccccc2C1. The third-order valence-corrected chi connectivity index (χ3v) is 5.78. The molecule has 0 aliphatic carbocycles. The zero-order valence-electron chi connectivity index (χ0n) is 16.0. The van der Waals surface area contributed by atoms with Crippen LogP contribution in [0.1, 0.15) is 33.6 Å². The summed E-state index contributed by atoms with van der Waals surface area (Å²) in [6.07, 6.45) is 1.15. The van der Waals surface area contributed by atoms with Gasteiger partial charge < -0.3 is 10.6 Å². The molecule has 2 heterocycles. The fourth-order valence-electron chi connectivity index (χ4n) is 3.17. The minimum atomic E-state index is 0.631. The molecule has 0 amide bonds. The molecule has 0 atom stereocenters. The van der Waals surface area contributed by atoms with Gasteiger partial charge in [0.15, 0.2) is 5.96 Å². The predicted octanol–water partition coefficient (Wildman–Crippen LogP) is 2.87. The molecule has 1 aliphatic rings. The monoisotopic (exact) mass is 371 g/mol. The average molecular weight is 372 g/mol. The molecule has 1 aliphatic heterocycles. The number of guanidine groups is 1. The van der Waals surface area contributed by atoms with E-state index in [1.165, 1.54) is 16.0 Å². The Kier molecular flexibility index (Phi) is 6.63. The van der Waals surface area contributed by atoms with Crippen molar-refractivity contribution in [2.75, 3.05) is 26.2 Å². The summed E-state index contributed by atoms with van der Waals surface area (Å²) >= 11 is 1.73. The Labute approximate surface area is 160 Å². The zero-order valence-corrected chi connectivity index (χ0v) is 16.8. The molecule has 1 aromatic carbocycles. The minimum absolute atomic E-state index is 0.631. The number of rotatable bonds is 6. The Morgan fingerprint density at radius 2 is 2.04 bits per heavy atom. The highest BCUT2D eigenvalue weighted by Gasteiger charge is 2.15. The number of benzene rings is 1. The maximum Gasteiger partial charge on any atom is 0.191 e. The number of aliphatic imine (C=N–C) groups is 1. The van der Waals surface area contributed by atoms with Gasteiger partial charge in [0.2, 0.25) is 0 Å². The second-order valence-electron chi connectivity index (χ2n) is 6.67. The number of aromatic nitrogens is 1. The third kappa shape index (κ3) is 5.05. The van der Waals surface area contributed by atoms with Gasteiger partial charge in [-0.2, -0.15) is 0 Å². The zero-order chi connectivity index (χ0) is 18.4. The van der Waals surface area contributed by atoms with Crippen molar-refractivity contribution in [2.24, 2.45) is 4.99 Å². The molecule has 3 rings (SSSR count). The molecule has 0 bridgehead atoms. The first-order valence-electron chi connectivity index (χ1n) is 9.40. The Morgan fingerprint density at radius 3 is 2.77 bits per heavy atom. The highest BCUT2D eigenvalue weighted by atomic mass is 32.1. The van der Waals surface area contributed by atoms with E-state index in [2.05, 4.69) is 70.5 Å². The molecular weight excluding hydrogens is 342 g/mol. The van der Waals surface area contributed by atoms with Crippen LogP contribution in [0.3, 0.4) is 0 Å². The maximum atomic E-state index is 4.68. The van der Waals surface area contributed by atoms with Gasteiger partial charge in [-0.3, -0.25) is 4.90 Å². The molecule has 2 N–H and O–H groups in total. The lowest BCUT2D eigenvalue weighted by atomic mass is 10.00. The van der Waals surface area contributed by atoms with Gasteiger partial charge in [-0.05, 0) is 38.3 Å². The normalized spacial score (nSPS) is 15.0. The van der Waals surface area contributed by atoms with E-state index in [4.69, 9.17) is 0 Å². The van der Waals surface area contributed by atoms with E-state index in [1.807, 2.05) is 0 Å². The largest absolute Gasteiger partial charge is 0.357 e. The number of nitrogens with one attached hydrogen (secondary N) is 2. The first-order chi connectivity index (χ1) is 12.7. The molecule has 0 saturated heterocycles. The quantitative estimate of drug-likeness (QED) is 0.606. The van der Waals surface area contributed by atoms with Crippen molar-refractivity contribution in [3.05, 3.63) is 51.0 Å². The van der Waals surface area contributed by atoms with Crippen molar-refractivity contribution in [3.63, 3.8) is 0 Å². The highest BCUT2D eigenvalue weighted by Crippen LogP contribution is 2.18. The molecule has 0 fully saturated rings. The van der Waals surface area contributed by atoms with Crippen LogP contribution in [-0.2, 0) is 19.5 Å². The number of aryl methyl sites for hydroxylation is 2. The average Bonchev–Trinajstić information content (AvgIpc) is 2.97. The van der Waals surface area contributed by atoms with Crippen LogP contribution in [0, 0.1) is 13.8 Å². The molecular formula is C20H29N5S. The summed E-state index contributed by atoms with van der Waals surface area (Å²) in [6.45, 7) is 11.8. The van der Waals surface area contributed by atoms with Crippen molar-refractivity contribution >= 4 is 17.3 Å². The molecule has 0 unspecified atom stereocenters. The molecule has 26 heavy (non-hydrogen) atoms. The van der Waals surface area contributed by atoms with Crippen molar-refractivity contribution < 1.29 is 0 Å². The van der Waals surface area contributed by atoms with Gasteiger partial charge in [0.25, 0.3) is 0 Å². The second kappa shape index (κ2) is 9.14. The first kappa shape index (κ1) is 18.9. The van der Waals surface area contributed by atoms with E-state index >= 15 is 0 Å². The second-order valence-corrected chi connectivity index (χ2v) is 7.95. The van der Waals surface area contributed by atoms with Crippen LogP contribution < -0.4 is 10.6 Å². The van der Waals surface area contributed by atoms with Crippen molar-refractivity contribution in [2.45, 2.75) is 40.3 Å². The van der Waals surface area contributed by atoms with E-state index in [-0.39, 0.29) is 0 Å². The summed E-state index contributed by atoms with van der Waals surface area (Å²) in [7, 11) is 0. The fraction of sp³-hybridized carbons (Fsp3) is 0.500. The lowest BCUT2D eigenvalue weighted by Gasteiger charge is -2.28. The summed E-state index contributed by atoms with van der Waals surface area (Å²) < 4.78 is 0. The lowest BCUT2D eigenvalue weighted by Crippen LogP contribution is -2.42. The van der Waals surface area contributed by atoms with Crippen LogP contribution in [0.25, 0.3) is 0 Å². The van der Waals surface area contributed by atoms with E-state index < -0.39 is 0 Å². The Balaban J connectivity index is 1.49. The van der Waals surface area contributed by atoms with Gasteiger partial charge in [-0.15, -0.1) is 11.3 Å². The Morgan fingerprint density at radius 1 is 1.23 bits per heavy atom. The molecule has 140 valence electrons. The van der Waals surface area contributed by atoms with Crippen LogP contribution in [-0.4, -0.2) is 42.0 Å². The van der Waals surface area contributed by atoms with Crippen molar-refractivity contribution in [3.8, 4) is 0 Å². The summed E-state index contributed by atoms with van der Waals surface area (Å²) in [6, 6.07) is 8.78. The van der Waals surface area contributed by atoms with Crippen molar-refractivity contribution in [1.82, 2.24) is 20.5 Å². The van der Waals surface area contributed by atoms with E-state index in [1.54, 1.807) is 11.3 Å². The van der Waals surface area contributed by atoms with E-state index in [9.17, 15) is 0 Å². The van der Waals surface area contributed by atoms with Gasteiger partial charge in [-0.25, -0.2) is 9.98 Å². The van der Waals surface area contributed by atoms with Gasteiger partial charge in [-0.1, -0.05) is 24.3 Å². The molecule has 2 aromatic rings. The first-order valence-corrected chi connectivity index (χ1v) is 10.2. The Bertz CT molecular complexity index is 733. The summed E-state index contributed by atoms with van der Waals surface area (Å²) in [4.78, 5) is 13.0. The lowest BCUT2D eigenvalue weighted by molar-refractivity contribution is 0.258. The van der Waals surface area contributed by atoms with Gasteiger partial charge in [0.1, 0.15) is 5.01 Å². The van der Waals surface area contributed by atoms with Crippen molar-refractivity contribution in [1.29, 1.82) is 0 Å². The molecule has 0 spiro atoms. The standard InChI is InChI=1S/C20H29N5S/c1-4-21-20(23-13-19-24-15(2)16(3)26-19)22-10-12-25-11-9-17-7-5-6-8-18(17)14-25/h5-8H,4,9-14H2,1-3H3,(H2,21,22,23). The summed E-state index contributed by atoms with van der Waals surface area (Å²) in [5.74, 6) is 0.871.